The van der Waals surface area contributed by atoms with Crippen LogP contribution in [0.3, 0.4) is 0 Å². The van der Waals surface area contributed by atoms with Gasteiger partial charge in [0.05, 0.1) is 17.7 Å². The number of sulfonamides is 1. The van der Waals surface area contributed by atoms with Gasteiger partial charge in [-0.1, -0.05) is 11.3 Å². The van der Waals surface area contributed by atoms with Crippen LogP contribution in [0.5, 0.6) is 5.75 Å². The van der Waals surface area contributed by atoms with Gasteiger partial charge in [-0.15, -0.1) is 0 Å². The zero-order valence-electron chi connectivity index (χ0n) is 13.2. The maximum absolute atomic E-state index is 12.4. The maximum Gasteiger partial charge on any atom is 0.263 e. The molecule has 0 atom stereocenters. The molecule has 1 aliphatic carbocycles. The van der Waals surface area contributed by atoms with Crippen LogP contribution in [-0.4, -0.2) is 32.5 Å². The summed E-state index contributed by atoms with van der Waals surface area (Å²) in [7, 11) is -2.26. The van der Waals surface area contributed by atoms with Gasteiger partial charge >= 0.3 is 0 Å². The first-order valence-corrected chi connectivity index (χ1v) is 9.64. The number of thiazole rings is 1. The molecule has 1 amide bonds. The third-order valence-corrected chi connectivity index (χ3v) is 6.06. The topological polar surface area (TPSA) is 97.4 Å². The average Bonchev–Trinajstić information content (AvgIpc) is 3.28. The Labute approximate surface area is 144 Å². The van der Waals surface area contributed by atoms with Gasteiger partial charge in [0.25, 0.3) is 15.9 Å². The SMILES string of the molecule is COc1ccc(S(=O)(=O)Nc2nc(C)c(C(=O)NC3CC3)s2)cc1. The summed E-state index contributed by atoms with van der Waals surface area (Å²) in [5.74, 6) is 0.362. The number of anilines is 1. The molecule has 1 fully saturated rings. The van der Waals surface area contributed by atoms with Crippen molar-refractivity contribution in [2.24, 2.45) is 0 Å². The number of aryl methyl sites for hydroxylation is 1. The van der Waals surface area contributed by atoms with Crippen LogP contribution in [-0.2, 0) is 10.0 Å². The molecule has 2 N–H and O–H groups in total. The molecule has 0 aliphatic heterocycles. The molecule has 1 heterocycles. The zero-order valence-corrected chi connectivity index (χ0v) is 14.8. The van der Waals surface area contributed by atoms with E-state index in [9.17, 15) is 13.2 Å². The number of rotatable bonds is 6. The number of methoxy groups -OCH3 is 1. The standard InChI is InChI=1S/C15H17N3O4S2/c1-9-13(14(19)17-10-3-4-10)23-15(16-9)18-24(20,21)12-7-5-11(22-2)6-8-12/h5-8,10H,3-4H2,1-2H3,(H,16,18)(H,17,19). The molecule has 1 aliphatic rings. The molecule has 9 heteroatoms. The number of aromatic nitrogens is 1. The summed E-state index contributed by atoms with van der Waals surface area (Å²) in [5.41, 5.74) is 0.505. The Morgan fingerprint density at radius 2 is 1.96 bits per heavy atom. The van der Waals surface area contributed by atoms with E-state index in [0.717, 1.165) is 24.2 Å². The summed E-state index contributed by atoms with van der Waals surface area (Å²) in [6.45, 7) is 1.68. The highest BCUT2D eigenvalue weighted by atomic mass is 32.2. The second kappa shape index (κ2) is 6.40. The summed E-state index contributed by atoms with van der Waals surface area (Å²) in [5, 5.41) is 3.04. The third kappa shape index (κ3) is 3.68. The van der Waals surface area contributed by atoms with Crippen molar-refractivity contribution in [3.05, 3.63) is 34.8 Å². The Morgan fingerprint density at radius 1 is 1.29 bits per heavy atom. The Hall–Kier alpha value is -2.13. The summed E-state index contributed by atoms with van der Waals surface area (Å²) in [4.78, 5) is 16.8. The minimum absolute atomic E-state index is 0.0973. The molecule has 0 saturated heterocycles. The van der Waals surface area contributed by atoms with Gasteiger partial charge in [0, 0.05) is 6.04 Å². The molecule has 128 valence electrons. The molecule has 3 rings (SSSR count). The summed E-state index contributed by atoms with van der Waals surface area (Å²) < 4.78 is 32.2. The van der Waals surface area contributed by atoms with Crippen LogP contribution in [0.25, 0.3) is 0 Å². The first-order chi connectivity index (χ1) is 11.4. The quantitative estimate of drug-likeness (QED) is 0.815. The van der Waals surface area contributed by atoms with Crippen molar-refractivity contribution in [1.82, 2.24) is 10.3 Å². The van der Waals surface area contributed by atoms with E-state index >= 15 is 0 Å². The number of nitrogens with zero attached hydrogens (tertiary/aromatic N) is 1. The van der Waals surface area contributed by atoms with Crippen LogP contribution < -0.4 is 14.8 Å². The van der Waals surface area contributed by atoms with Crippen LogP contribution in [0.1, 0.15) is 28.2 Å². The monoisotopic (exact) mass is 367 g/mol. The molecule has 0 spiro atoms. The fourth-order valence-corrected chi connectivity index (χ4v) is 4.16. The highest BCUT2D eigenvalue weighted by Crippen LogP contribution is 2.27. The van der Waals surface area contributed by atoms with Gasteiger partial charge in [-0.05, 0) is 44.0 Å². The first-order valence-electron chi connectivity index (χ1n) is 7.34. The van der Waals surface area contributed by atoms with Gasteiger partial charge in [0.2, 0.25) is 0 Å². The van der Waals surface area contributed by atoms with Crippen molar-refractivity contribution in [2.45, 2.75) is 30.7 Å². The van der Waals surface area contributed by atoms with E-state index < -0.39 is 10.0 Å². The van der Waals surface area contributed by atoms with Gasteiger partial charge in [-0.25, -0.2) is 13.4 Å². The molecule has 0 radical (unpaired) electrons. The summed E-state index contributed by atoms with van der Waals surface area (Å²) >= 11 is 1.03. The molecule has 1 aromatic heterocycles. The van der Waals surface area contributed by atoms with E-state index in [1.165, 1.54) is 19.2 Å². The Kier molecular flexibility index (Phi) is 4.46. The minimum Gasteiger partial charge on any atom is -0.497 e. The van der Waals surface area contributed by atoms with Crippen molar-refractivity contribution in [3.8, 4) is 5.75 Å². The average molecular weight is 367 g/mol. The van der Waals surface area contributed by atoms with Crippen molar-refractivity contribution in [2.75, 3.05) is 11.8 Å². The molecule has 7 nitrogen and oxygen atoms in total. The number of benzene rings is 1. The smallest absolute Gasteiger partial charge is 0.263 e. The van der Waals surface area contributed by atoms with Gasteiger partial charge in [-0.2, -0.15) is 0 Å². The maximum atomic E-state index is 12.4. The Balaban J connectivity index is 1.77. The number of amides is 1. The van der Waals surface area contributed by atoms with Crippen molar-refractivity contribution in [3.63, 3.8) is 0 Å². The highest BCUT2D eigenvalue weighted by Gasteiger charge is 2.26. The van der Waals surface area contributed by atoms with E-state index in [-0.39, 0.29) is 22.0 Å². The number of nitrogens with one attached hydrogen (secondary N) is 2. The lowest BCUT2D eigenvalue weighted by atomic mass is 10.3. The predicted octanol–water partition coefficient (Wildman–Crippen LogP) is 2.15. The van der Waals surface area contributed by atoms with Crippen LogP contribution >= 0.6 is 11.3 Å². The van der Waals surface area contributed by atoms with Crippen LogP contribution in [0, 0.1) is 6.92 Å². The van der Waals surface area contributed by atoms with Crippen molar-refractivity contribution >= 4 is 32.4 Å². The summed E-state index contributed by atoms with van der Waals surface area (Å²) in [6, 6.07) is 6.26. The largest absolute Gasteiger partial charge is 0.497 e. The molecular formula is C15H17N3O4S2. The highest BCUT2D eigenvalue weighted by molar-refractivity contribution is 7.93. The fourth-order valence-electron chi connectivity index (χ4n) is 2.06. The molecule has 2 aromatic rings. The van der Waals surface area contributed by atoms with E-state index in [2.05, 4.69) is 15.0 Å². The molecule has 0 unspecified atom stereocenters. The fraction of sp³-hybridized carbons (Fsp3) is 0.333. The number of hydrogen-bond acceptors (Lipinski definition) is 6. The second-order valence-electron chi connectivity index (χ2n) is 5.46. The lowest BCUT2D eigenvalue weighted by molar-refractivity contribution is 0.0954. The zero-order chi connectivity index (χ0) is 17.3. The molecule has 24 heavy (non-hydrogen) atoms. The molecule has 1 saturated carbocycles. The van der Waals surface area contributed by atoms with Crippen LogP contribution in [0.2, 0.25) is 0 Å². The molecule has 1 aromatic carbocycles. The van der Waals surface area contributed by atoms with E-state index in [4.69, 9.17) is 4.74 Å². The predicted molar refractivity (Wildman–Crippen MR) is 91.1 cm³/mol. The third-order valence-electron chi connectivity index (χ3n) is 3.51. The van der Waals surface area contributed by atoms with E-state index in [0.29, 0.717) is 16.3 Å². The normalized spacial score (nSPS) is 14.2. The molecular weight excluding hydrogens is 350 g/mol. The van der Waals surface area contributed by atoms with Crippen molar-refractivity contribution < 1.29 is 17.9 Å². The lowest BCUT2D eigenvalue weighted by Gasteiger charge is -2.06. The Morgan fingerprint density at radius 3 is 2.54 bits per heavy atom. The van der Waals surface area contributed by atoms with Gasteiger partial charge < -0.3 is 10.1 Å². The van der Waals surface area contributed by atoms with Gasteiger partial charge in [-0.3, -0.25) is 9.52 Å². The number of hydrogen-bond donors (Lipinski definition) is 2. The lowest BCUT2D eigenvalue weighted by Crippen LogP contribution is -2.25. The molecule has 0 bridgehead atoms. The minimum atomic E-state index is -3.77. The first kappa shape index (κ1) is 16.7. The number of carbonyl (C=O) groups is 1. The van der Waals surface area contributed by atoms with E-state index in [1.54, 1.807) is 19.1 Å². The number of ether oxygens (including phenoxy) is 1. The van der Waals surface area contributed by atoms with Crippen LogP contribution in [0.4, 0.5) is 5.13 Å². The van der Waals surface area contributed by atoms with Gasteiger partial charge in [0.1, 0.15) is 10.6 Å². The van der Waals surface area contributed by atoms with Gasteiger partial charge in [0.15, 0.2) is 5.13 Å². The second-order valence-corrected chi connectivity index (χ2v) is 8.14. The van der Waals surface area contributed by atoms with Crippen LogP contribution in [0.15, 0.2) is 29.2 Å². The van der Waals surface area contributed by atoms with Crippen molar-refractivity contribution in [1.29, 1.82) is 0 Å². The number of carbonyl (C=O) groups excluding carboxylic acids is 1. The summed E-state index contributed by atoms with van der Waals surface area (Å²) in [6.07, 6.45) is 1.97. The Bertz CT molecular complexity index is 855. The van der Waals surface area contributed by atoms with E-state index in [1.807, 2.05) is 0 Å².